The highest BCUT2D eigenvalue weighted by molar-refractivity contribution is 8.00. The Kier molecular flexibility index (Phi) is 6.50. The lowest BCUT2D eigenvalue weighted by molar-refractivity contribution is -0.142. The number of aromatic nitrogens is 1. The summed E-state index contributed by atoms with van der Waals surface area (Å²) < 4.78 is 5.20. The Morgan fingerprint density at radius 1 is 1.24 bits per heavy atom. The number of ether oxygens (including phenoxy) is 1. The maximum Gasteiger partial charge on any atom is 0.322 e. The van der Waals surface area contributed by atoms with Crippen LogP contribution in [0.5, 0.6) is 5.75 Å². The van der Waals surface area contributed by atoms with Gasteiger partial charge in [0.1, 0.15) is 23.4 Å². The SMILES string of the molecule is COc1ccc(CN2C(=O)CSc3nc4c(C)cccc4cc3C2C(=O)NCC(=O)O)cc1. The average molecular weight is 466 g/mol. The minimum Gasteiger partial charge on any atom is -0.497 e. The number of nitrogens with one attached hydrogen (secondary N) is 1. The zero-order chi connectivity index (χ0) is 23.5. The van der Waals surface area contributed by atoms with Crippen LogP contribution in [0.4, 0.5) is 0 Å². The van der Waals surface area contributed by atoms with Crippen LogP contribution < -0.4 is 10.1 Å². The molecule has 0 radical (unpaired) electrons. The average Bonchev–Trinajstić information content (AvgIpc) is 2.93. The second-order valence-corrected chi connectivity index (χ2v) is 8.67. The molecule has 1 aliphatic heterocycles. The number of para-hydroxylation sites is 1. The Morgan fingerprint density at radius 2 is 2.00 bits per heavy atom. The van der Waals surface area contributed by atoms with Crippen molar-refractivity contribution in [2.75, 3.05) is 19.4 Å². The number of carbonyl (C=O) groups is 3. The van der Waals surface area contributed by atoms with Gasteiger partial charge in [0.05, 0.1) is 18.4 Å². The first kappa shape index (κ1) is 22.6. The van der Waals surface area contributed by atoms with Gasteiger partial charge >= 0.3 is 5.97 Å². The van der Waals surface area contributed by atoms with Crippen molar-refractivity contribution in [3.63, 3.8) is 0 Å². The highest BCUT2D eigenvalue weighted by Crippen LogP contribution is 2.37. The summed E-state index contributed by atoms with van der Waals surface area (Å²) in [6.45, 7) is 1.60. The van der Waals surface area contributed by atoms with Gasteiger partial charge in [0.25, 0.3) is 0 Å². The summed E-state index contributed by atoms with van der Waals surface area (Å²) in [5.41, 5.74) is 3.21. The third kappa shape index (κ3) is 4.78. The van der Waals surface area contributed by atoms with Crippen LogP contribution in [-0.2, 0) is 20.9 Å². The number of carboxylic acid groups (broad SMARTS) is 1. The van der Waals surface area contributed by atoms with Gasteiger partial charge in [-0.3, -0.25) is 14.4 Å². The quantitative estimate of drug-likeness (QED) is 0.576. The lowest BCUT2D eigenvalue weighted by Crippen LogP contribution is -2.44. The summed E-state index contributed by atoms with van der Waals surface area (Å²) in [6.07, 6.45) is 0. The molecule has 0 spiro atoms. The molecular weight excluding hydrogens is 442 g/mol. The van der Waals surface area contributed by atoms with E-state index in [9.17, 15) is 14.4 Å². The van der Waals surface area contributed by atoms with E-state index in [4.69, 9.17) is 14.8 Å². The molecule has 9 heteroatoms. The van der Waals surface area contributed by atoms with Crippen molar-refractivity contribution in [3.05, 3.63) is 65.2 Å². The number of thioether (sulfide) groups is 1. The molecule has 0 aliphatic carbocycles. The molecule has 8 nitrogen and oxygen atoms in total. The van der Waals surface area contributed by atoms with Crippen LogP contribution in [-0.4, -0.2) is 52.2 Å². The van der Waals surface area contributed by atoms with Crippen molar-refractivity contribution in [2.45, 2.75) is 24.5 Å². The Hall–Kier alpha value is -3.59. The molecule has 4 rings (SSSR count). The van der Waals surface area contributed by atoms with E-state index in [1.165, 1.54) is 16.7 Å². The number of fused-ring (bicyclic) bond motifs is 2. The molecule has 1 aromatic heterocycles. The smallest absolute Gasteiger partial charge is 0.322 e. The highest BCUT2D eigenvalue weighted by atomic mass is 32.2. The van der Waals surface area contributed by atoms with Crippen LogP contribution in [0.3, 0.4) is 0 Å². The molecule has 2 N–H and O–H groups in total. The van der Waals surface area contributed by atoms with E-state index in [1.54, 1.807) is 19.2 Å². The minimum atomic E-state index is -1.16. The van der Waals surface area contributed by atoms with Crippen molar-refractivity contribution < 1.29 is 24.2 Å². The standard InChI is InChI=1S/C24H23N3O5S/c1-14-4-3-5-16-10-18-22(23(31)25-11-20(29)30)27(12-15-6-8-17(32-2)9-7-15)19(28)13-33-24(18)26-21(14)16/h3-10,22H,11-13H2,1-2H3,(H,25,31)(H,29,30). The summed E-state index contributed by atoms with van der Waals surface area (Å²) in [4.78, 5) is 43.8. The summed E-state index contributed by atoms with van der Waals surface area (Å²) >= 11 is 1.29. The van der Waals surface area contributed by atoms with E-state index >= 15 is 0 Å². The molecule has 1 aliphatic rings. The van der Waals surface area contributed by atoms with E-state index in [2.05, 4.69) is 5.32 Å². The molecule has 3 aromatic rings. The highest BCUT2D eigenvalue weighted by Gasteiger charge is 2.37. The second kappa shape index (κ2) is 9.50. The Morgan fingerprint density at radius 3 is 2.70 bits per heavy atom. The predicted octanol–water partition coefficient (Wildman–Crippen LogP) is 2.93. The molecule has 1 unspecified atom stereocenters. The first-order chi connectivity index (χ1) is 15.9. The number of benzene rings is 2. The lowest BCUT2D eigenvalue weighted by Gasteiger charge is -2.30. The maximum absolute atomic E-state index is 13.2. The van der Waals surface area contributed by atoms with Gasteiger partial charge in [-0.15, -0.1) is 0 Å². The molecular formula is C24H23N3O5S. The van der Waals surface area contributed by atoms with Gasteiger partial charge in [-0.1, -0.05) is 42.1 Å². The van der Waals surface area contributed by atoms with Crippen LogP contribution in [0.1, 0.15) is 22.7 Å². The van der Waals surface area contributed by atoms with Crippen molar-refractivity contribution >= 4 is 40.4 Å². The van der Waals surface area contributed by atoms with Gasteiger partial charge in [0, 0.05) is 17.5 Å². The molecule has 0 saturated carbocycles. The van der Waals surface area contributed by atoms with Crippen LogP contribution in [0, 0.1) is 6.92 Å². The molecule has 0 saturated heterocycles. The largest absolute Gasteiger partial charge is 0.497 e. The van der Waals surface area contributed by atoms with E-state index in [1.807, 2.05) is 43.3 Å². The Balaban J connectivity index is 1.80. The maximum atomic E-state index is 13.2. The number of carbonyl (C=O) groups excluding carboxylic acids is 2. The number of nitrogens with zero attached hydrogens (tertiary/aromatic N) is 2. The van der Waals surface area contributed by atoms with Crippen molar-refractivity contribution in [1.29, 1.82) is 0 Å². The number of amides is 2. The number of aryl methyl sites for hydroxylation is 1. The Labute approximate surface area is 194 Å². The van der Waals surface area contributed by atoms with E-state index in [0.29, 0.717) is 16.3 Å². The number of aliphatic carboxylic acids is 1. The van der Waals surface area contributed by atoms with Crippen molar-refractivity contribution in [2.24, 2.45) is 0 Å². The third-order valence-corrected chi connectivity index (χ3v) is 6.47. The number of hydrogen-bond acceptors (Lipinski definition) is 6. The summed E-state index contributed by atoms with van der Waals surface area (Å²) in [5, 5.41) is 13.0. The number of hydrogen-bond donors (Lipinski definition) is 2. The first-order valence-electron chi connectivity index (χ1n) is 10.3. The molecule has 2 amide bonds. The number of methoxy groups -OCH3 is 1. The lowest BCUT2D eigenvalue weighted by atomic mass is 10.0. The fourth-order valence-electron chi connectivity index (χ4n) is 3.83. The molecule has 2 aromatic carbocycles. The van der Waals surface area contributed by atoms with Crippen LogP contribution in [0.2, 0.25) is 0 Å². The number of pyridine rings is 1. The van der Waals surface area contributed by atoms with Gasteiger partial charge < -0.3 is 20.1 Å². The summed E-state index contributed by atoms with van der Waals surface area (Å²) in [7, 11) is 1.57. The molecule has 0 bridgehead atoms. The molecule has 2 heterocycles. The van der Waals surface area contributed by atoms with Crippen LogP contribution in [0.25, 0.3) is 10.9 Å². The second-order valence-electron chi connectivity index (χ2n) is 7.70. The van der Waals surface area contributed by atoms with Gasteiger partial charge in [-0.05, 0) is 36.2 Å². The monoisotopic (exact) mass is 465 g/mol. The fraction of sp³-hybridized carbons (Fsp3) is 0.250. The zero-order valence-electron chi connectivity index (χ0n) is 18.2. The van der Waals surface area contributed by atoms with E-state index in [-0.39, 0.29) is 18.2 Å². The Bertz CT molecular complexity index is 1230. The van der Waals surface area contributed by atoms with Gasteiger partial charge in [0.2, 0.25) is 11.8 Å². The van der Waals surface area contributed by atoms with Crippen molar-refractivity contribution in [1.82, 2.24) is 15.2 Å². The van der Waals surface area contributed by atoms with Crippen LogP contribution >= 0.6 is 11.8 Å². The van der Waals surface area contributed by atoms with E-state index < -0.39 is 24.5 Å². The van der Waals surface area contributed by atoms with Gasteiger partial charge in [-0.25, -0.2) is 4.98 Å². The minimum absolute atomic E-state index is 0.121. The topological polar surface area (TPSA) is 109 Å². The first-order valence-corrected chi connectivity index (χ1v) is 11.3. The van der Waals surface area contributed by atoms with E-state index in [0.717, 1.165) is 22.0 Å². The number of carboxylic acids is 1. The van der Waals surface area contributed by atoms with Crippen LogP contribution in [0.15, 0.2) is 53.6 Å². The third-order valence-electron chi connectivity index (χ3n) is 5.47. The molecule has 170 valence electrons. The summed E-state index contributed by atoms with van der Waals surface area (Å²) in [5.74, 6) is -1.15. The fourth-order valence-corrected chi connectivity index (χ4v) is 4.75. The zero-order valence-corrected chi connectivity index (χ0v) is 19.0. The van der Waals surface area contributed by atoms with Gasteiger partial charge in [0.15, 0.2) is 0 Å². The predicted molar refractivity (Wildman–Crippen MR) is 124 cm³/mol. The molecule has 0 fully saturated rings. The normalized spacial score (nSPS) is 15.6. The number of rotatable bonds is 6. The molecule has 1 atom stereocenters. The van der Waals surface area contributed by atoms with Gasteiger partial charge in [-0.2, -0.15) is 0 Å². The summed E-state index contributed by atoms with van der Waals surface area (Å²) in [6, 6.07) is 13.9. The van der Waals surface area contributed by atoms with Crippen molar-refractivity contribution in [3.8, 4) is 5.75 Å². The molecule has 33 heavy (non-hydrogen) atoms.